The number of likely N-dealkylation sites (tertiary alicyclic amines) is 1. The van der Waals surface area contributed by atoms with Crippen molar-refractivity contribution in [3.05, 3.63) is 70.8 Å². The number of carboxylic acid groups (broad SMARTS) is 1. The van der Waals surface area contributed by atoms with Gasteiger partial charge in [-0.1, -0.05) is 48.5 Å². The molecule has 0 aromatic heterocycles. The number of carbonyl (C=O) groups is 2. The molecular formula is C30H32F5NO3. The number of nitrogens with zero attached hydrogens (tertiary/aromatic N) is 1. The molecule has 3 atom stereocenters. The molecule has 1 N–H and O–H groups in total. The van der Waals surface area contributed by atoms with Gasteiger partial charge in [0.15, 0.2) is 0 Å². The molecule has 210 valence electrons. The van der Waals surface area contributed by atoms with Gasteiger partial charge in [-0.25, -0.2) is 13.6 Å². The Kier molecular flexibility index (Phi) is 6.79. The number of fused-ring (bicyclic) bond motifs is 3. The van der Waals surface area contributed by atoms with Gasteiger partial charge in [0, 0.05) is 23.9 Å². The largest absolute Gasteiger partial charge is 0.479 e. The quantitative estimate of drug-likeness (QED) is 0.437. The van der Waals surface area contributed by atoms with Crippen molar-refractivity contribution in [1.29, 1.82) is 0 Å². The number of halogens is 5. The van der Waals surface area contributed by atoms with Crippen LogP contribution in [0.3, 0.4) is 0 Å². The summed E-state index contributed by atoms with van der Waals surface area (Å²) < 4.78 is 69.9. The third kappa shape index (κ3) is 4.61. The number of benzene rings is 2. The molecule has 5 rings (SSSR count). The molecule has 2 aromatic rings. The second-order valence-electron chi connectivity index (χ2n) is 11.6. The second kappa shape index (κ2) is 9.59. The number of carboxylic acids is 1. The van der Waals surface area contributed by atoms with Crippen LogP contribution in [0.15, 0.2) is 48.5 Å². The molecule has 1 aliphatic heterocycles. The highest BCUT2D eigenvalue weighted by atomic mass is 19.4. The summed E-state index contributed by atoms with van der Waals surface area (Å²) in [6.07, 6.45) is -3.08. The van der Waals surface area contributed by atoms with Crippen LogP contribution in [0.25, 0.3) is 0 Å². The number of rotatable bonds is 5. The van der Waals surface area contributed by atoms with Crippen LogP contribution in [0.4, 0.5) is 22.0 Å². The highest BCUT2D eigenvalue weighted by molar-refractivity contribution is 5.82. The van der Waals surface area contributed by atoms with Crippen molar-refractivity contribution < 1.29 is 36.6 Å². The zero-order chi connectivity index (χ0) is 28.2. The van der Waals surface area contributed by atoms with E-state index in [1.54, 1.807) is 6.07 Å². The van der Waals surface area contributed by atoms with E-state index in [0.29, 0.717) is 44.7 Å². The van der Waals surface area contributed by atoms with Crippen molar-refractivity contribution in [3.8, 4) is 0 Å². The van der Waals surface area contributed by atoms with E-state index in [1.165, 1.54) is 12.1 Å². The molecule has 1 heterocycles. The second-order valence-corrected chi connectivity index (χ2v) is 11.6. The van der Waals surface area contributed by atoms with Gasteiger partial charge in [-0.2, -0.15) is 13.2 Å². The Morgan fingerprint density at radius 3 is 2.28 bits per heavy atom. The molecule has 0 spiro atoms. The molecule has 9 heteroatoms. The van der Waals surface area contributed by atoms with Gasteiger partial charge in [0.2, 0.25) is 17.2 Å². The predicted molar refractivity (Wildman–Crippen MR) is 135 cm³/mol. The van der Waals surface area contributed by atoms with E-state index in [2.05, 4.69) is 0 Å². The molecule has 3 aliphatic rings. The summed E-state index contributed by atoms with van der Waals surface area (Å²) >= 11 is 0. The summed E-state index contributed by atoms with van der Waals surface area (Å²) in [5.74, 6) is -2.07. The third-order valence-corrected chi connectivity index (χ3v) is 9.37. The van der Waals surface area contributed by atoms with Gasteiger partial charge < -0.3 is 10.0 Å². The summed E-state index contributed by atoms with van der Waals surface area (Å²) in [6, 6.07) is 13.6. The van der Waals surface area contributed by atoms with Crippen molar-refractivity contribution in [3.63, 3.8) is 0 Å². The molecular weight excluding hydrogens is 517 g/mol. The lowest BCUT2D eigenvalue weighted by Gasteiger charge is -2.45. The number of hydrogen-bond acceptors (Lipinski definition) is 2. The lowest BCUT2D eigenvalue weighted by molar-refractivity contribution is -0.228. The smallest absolute Gasteiger partial charge is 0.426 e. The Hall–Kier alpha value is -2.97. The van der Waals surface area contributed by atoms with Crippen LogP contribution in [0.1, 0.15) is 67.7 Å². The number of aryl methyl sites for hydroxylation is 1. The molecule has 2 aliphatic carbocycles. The first kappa shape index (κ1) is 27.6. The Balaban J connectivity index is 1.48. The van der Waals surface area contributed by atoms with Gasteiger partial charge in [0.1, 0.15) is 0 Å². The van der Waals surface area contributed by atoms with E-state index in [-0.39, 0.29) is 37.6 Å². The Morgan fingerprint density at radius 2 is 1.67 bits per heavy atom. The lowest BCUT2D eigenvalue weighted by Crippen LogP contribution is -2.51. The predicted octanol–water partition coefficient (Wildman–Crippen LogP) is 6.44. The zero-order valence-electron chi connectivity index (χ0n) is 21.7. The maximum Gasteiger partial charge on any atom is 0.426 e. The SMILES string of the molecule is CC(F)(c1ccc2c(c1)CC[C@H]1N(C(=O)[C@H]3CC[C@](F)(C(=O)O)CC3)CC[C@@]21Cc1ccccc1)C(F)(F)F. The molecule has 1 saturated heterocycles. The Bertz CT molecular complexity index is 1250. The van der Waals surface area contributed by atoms with Crippen LogP contribution in [0, 0.1) is 5.92 Å². The number of alkyl halides is 5. The van der Waals surface area contributed by atoms with Gasteiger partial charge >= 0.3 is 12.1 Å². The van der Waals surface area contributed by atoms with Crippen molar-refractivity contribution in [1.82, 2.24) is 4.90 Å². The molecule has 0 radical (unpaired) electrons. The van der Waals surface area contributed by atoms with Gasteiger partial charge in [-0.05, 0) is 80.5 Å². The zero-order valence-corrected chi connectivity index (χ0v) is 21.7. The van der Waals surface area contributed by atoms with E-state index >= 15 is 0 Å². The standard InChI is InChI=1S/C30H32F5NO3/c1-27(31,30(33,34)35)22-8-9-23-21(17-22)7-10-24-28(23,18-19-5-3-2-4-6-19)15-16-36(24)25(37)20-11-13-29(32,14-12-20)26(38)39/h2-6,8-9,17,20,24H,7,10-16,18H2,1H3,(H,38,39)/t20-,24-,27?,28-,29+/m1/s1. The Labute approximate surface area is 224 Å². The minimum absolute atomic E-state index is 0.115. The maximum absolute atomic E-state index is 14.8. The number of hydrogen-bond donors (Lipinski definition) is 1. The van der Waals surface area contributed by atoms with Crippen LogP contribution in [0.5, 0.6) is 0 Å². The van der Waals surface area contributed by atoms with Crippen molar-refractivity contribution in [2.45, 2.75) is 87.3 Å². The highest BCUT2D eigenvalue weighted by Gasteiger charge is 2.56. The molecule has 1 unspecified atom stereocenters. The highest BCUT2D eigenvalue weighted by Crippen LogP contribution is 2.51. The van der Waals surface area contributed by atoms with Crippen LogP contribution in [-0.4, -0.2) is 46.3 Å². The van der Waals surface area contributed by atoms with Crippen LogP contribution in [-0.2, 0) is 33.5 Å². The maximum atomic E-state index is 14.8. The number of aliphatic carboxylic acids is 1. The summed E-state index contributed by atoms with van der Waals surface area (Å²) in [5.41, 5.74) is -4.23. The molecule has 39 heavy (non-hydrogen) atoms. The van der Waals surface area contributed by atoms with E-state index in [1.807, 2.05) is 35.2 Å². The van der Waals surface area contributed by atoms with E-state index in [9.17, 15) is 36.6 Å². The first-order valence-corrected chi connectivity index (χ1v) is 13.4. The number of carbonyl (C=O) groups excluding carboxylic acids is 1. The molecule has 0 bridgehead atoms. The molecule has 2 aromatic carbocycles. The van der Waals surface area contributed by atoms with Gasteiger partial charge in [0.25, 0.3) is 0 Å². The fraction of sp³-hybridized carbons (Fsp3) is 0.533. The summed E-state index contributed by atoms with van der Waals surface area (Å²) in [4.78, 5) is 26.9. The Morgan fingerprint density at radius 1 is 1.00 bits per heavy atom. The van der Waals surface area contributed by atoms with E-state index in [0.717, 1.165) is 11.1 Å². The van der Waals surface area contributed by atoms with Crippen molar-refractivity contribution in [2.24, 2.45) is 5.92 Å². The molecule has 1 amide bonds. The normalized spacial score (nSPS) is 30.3. The summed E-state index contributed by atoms with van der Waals surface area (Å²) in [6.45, 7) is 0.980. The summed E-state index contributed by atoms with van der Waals surface area (Å²) in [7, 11) is 0. The van der Waals surface area contributed by atoms with Crippen molar-refractivity contribution in [2.75, 3.05) is 6.54 Å². The average Bonchev–Trinajstić information content (AvgIpc) is 3.27. The third-order valence-electron chi connectivity index (χ3n) is 9.37. The van der Waals surface area contributed by atoms with Gasteiger partial charge in [-0.15, -0.1) is 0 Å². The lowest BCUT2D eigenvalue weighted by atomic mass is 9.63. The molecule has 2 fully saturated rings. The minimum atomic E-state index is -5.05. The van der Waals surface area contributed by atoms with Gasteiger partial charge in [0.05, 0.1) is 0 Å². The number of amides is 1. The van der Waals surface area contributed by atoms with Gasteiger partial charge in [-0.3, -0.25) is 4.79 Å². The fourth-order valence-corrected chi connectivity index (χ4v) is 7.02. The van der Waals surface area contributed by atoms with Crippen molar-refractivity contribution >= 4 is 11.9 Å². The fourth-order valence-electron chi connectivity index (χ4n) is 7.02. The molecule has 4 nitrogen and oxygen atoms in total. The molecule has 1 saturated carbocycles. The van der Waals surface area contributed by atoms with Crippen LogP contribution >= 0.6 is 0 Å². The monoisotopic (exact) mass is 549 g/mol. The topological polar surface area (TPSA) is 57.6 Å². The van der Waals surface area contributed by atoms with Crippen LogP contribution < -0.4 is 0 Å². The average molecular weight is 550 g/mol. The van der Waals surface area contributed by atoms with Crippen LogP contribution in [0.2, 0.25) is 0 Å². The first-order valence-electron chi connectivity index (χ1n) is 13.4. The summed E-state index contributed by atoms with van der Waals surface area (Å²) in [5, 5.41) is 9.21. The first-order chi connectivity index (χ1) is 18.3. The van der Waals surface area contributed by atoms with E-state index < -0.39 is 40.4 Å². The van der Waals surface area contributed by atoms with E-state index in [4.69, 9.17) is 0 Å². The minimum Gasteiger partial charge on any atom is -0.479 e.